The molecule has 0 radical (unpaired) electrons. The van der Waals surface area contributed by atoms with Crippen molar-refractivity contribution in [3.05, 3.63) is 53.3 Å². The third kappa shape index (κ3) is 3.00. The molecule has 0 saturated heterocycles. The number of pyridine rings is 1. The summed E-state index contributed by atoms with van der Waals surface area (Å²) in [5.74, 6) is 7.46. The molecule has 0 aliphatic heterocycles. The van der Waals surface area contributed by atoms with Gasteiger partial charge in [0.2, 0.25) is 0 Å². The number of rotatable bonds is 5. The molecule has 1 aliphatic rings. The Kier molecular flexibility index (Phi) is 3.80. The second-order valence-electron chi connectivity index (χ2n) is 5.61. The Hall–Kier alpha value is -2.07. The van der Waals surface area contributed by atoms with Crippen molar-refractivity contribution >= 4 is 5.69 Å². The van der Waals surface area contributed by atoms with Crippen LogP contribution in [0.5, 0.6) is 5.75 Å². The van der Waals surface area contributed by atoms with Gasteiger partial charge in [0.15, 0.2) is 0 Å². The van der Waals surface area contributed by atoms with Crippen molar-refractivity contribution in [1.29, 1.82) is 0 Å². The summed E-state index contributed by atoms with van der Waals surface area (Å²) in [5, 5.41) is 1.67. The molecule has 1 saturated carbocycles. The number of benzene rings is 1. The van der Waals surface area contributed by atoms with Crippen molar-refractivity contribution in [2.45, 2.75) is 32.3 Å². The van der Waals surface area contributed by atoms with E-state index >= 15 is 0 Å². The van der Waals surface area contributed by atoms with Gasteiger partial charge in [-0.1, -0.05) is 12.1 Å². The lowest BCUT2D eigenvalue weighted by atomic mass is 10.0. The first-order chi connectivity index (χ1) is 10.2. The van der Waals surface area contributed by atoms with Crippen LogP contribution in [-0.4, -0.2) is 12.0 Å². The fourth-order valence-corrected chi connectivity index (χ4v) is 2.63. The van der Waals surface area contributed by atoms with Crippen molar-refractivity contribution in [2.24, 2.45) is 5.84 Å². The van der Waals surface area contributed by atoms with Gasteiger partial charge in [-0.25, -0.2) is 5.84 Å². The number of anilines is 1. The van der Waals surface area contributed by atoms with Crippen molar-refractivity contribution in [2.75, 3.05) is 12.1 Å². The van der Waals surface area contributed by atoms with Crippen LogP contribution in [0, 0.1) is 6.92 Å². The van der Waals surface area contributed by atoms with Gasteiger partial charge in [-0.15, -0.1) is 0 Å². The Bertz CT molecular complexity index is 615. The van der Waals surface area contributed by atoms with E-state index in [9.17, 15) is 0 Å². The van der Waals surface area contributed by atoms with Crippen LogP contribution >= 0.6 is 0 Å². The van der Waals surface area contributed by atoms with Crippen molar-refractivity contribution in [3.8, 4) is 5.75 Å². The lowest BCUT2D eigenvalue weighted by Gasteiger charge is -2.20. The molecule has 2 N–H and O–H groups in total. The SMILES string of the molecule is Cc1ncccc1OCc1c(C2CC2)cccc1N(C)N. The molecule has 110 valence electrons. The minimum atomic E-state index is 0.524. The van der Waals surface area contributed by atoms with E-state index < -0.39 is 0 Å². The van der Waals surface area contributed by atoms with Gasteiger partial charge in [-0.2, -0.15) is 0 Å². The zero-order chi connectivity index (χ0) is 14.8. The smallest absolute Gasteiger partial charge is 0.141 e. The molecule has 1 heterocycles. The first kappa shape index (κ1) is 13.9. The van der Waals surface area contributed by atoms with E-state index in [0.29, 0.717) is 12.5 Å². The van der Waals surface area contributed by atoms with Crippen molar-refractivity contribution < 1.29 is 4.74 Å². The van der Waals surface area contributed by atoms with Gasteiger partial charge in [0.05, 0.1) is 11.4 Å². The van der Waals surface area contributed by atoms with Gasteiger partial charge in [0, 0.05) is 18.8 Å². The highest BCUT2D eigenvalue weighted by Gasteiger charge is 2.27. The number of aryl methyl sites for hydroxylation is 1. The van der Waals surface area contributed by atoms with Gasteiger partial charge in [-0.3, -0.25) is 4.98 Å². The standard InChI is InChI=1S/C17H21N3O/c1-12-17(7-4-10-19-12)21-11-15-14(13-8-9-13)5-3-6-16(15)20(2)18/h3-7,10,13H,8-9,11,18H2,1-2H3. The lowest BCUT2D eigenvalue weighted by Crippen LogP contribution is -2.27. The minimum absolute atomic E-state index is 0.524. The van der Waals surface area contributed by atoms with Crippen LogP contribution in [0.3, 0.4) is 0 Å². The molecule has 4 heteroatoms. The van der Waals surface area contributed by atoms with Crippen LogP contribution in [0.15, 0.2) is 36.5 Å². The van der Waals surface area contributed by atoms with E-state index in [2.05, 4.69) is 17.1 Å². The third-order valence-corrected chi connectivity index (χ3v) is 3.92. The van der Waals surface area contributed by atoms with E-state index in [4.69, 9.17) is 10.6 Å². The van der Waals surface area contributed by atoms with E-state index in [0.717, 1.165) is 17.1 Å². The summed E-state index contributed by atoms with van der Waals surface area (Å²) in [6, 6.07) is 10.2. The number of ether oxygens (including phenoxy) is 1. The van der Waals surface area contributed by atoms with Crippen LogP contribution in [0.2, 0.25) is 0 Å². The highest BCUT2D eigenvalue weighted by atomic mass is 16.5. The Morgan fingerprint density at radius 1 is 1.29 bits per heavy atom. The zero-order valence-corrected chi connectivity index (χ0v) is 12.5. The predicted octanol–water partition coefficient (Wildman–Crippen LogP) is 3.16. The molecule has 21 heavy (non-hydrogen) atoms. The van der Waals surface area contributed by atoms with Crippen molar-refractivity contribution in [1.82, 2.24) is 4.98 Å². The molecule has 1 aliphatic carbocycles. The lowest BCUT2D eigenvalue weighted by molar-refractivity contribution is 0.301. The van der Waals surface area contributed by atoms with Crippen LogP contribution in [0.1, 0.15) is 35.6 Å². The first-order valence-electron chi connectivity index (χ1n) is 7.31. The Balaban J connectivity index is 1.88. The number of nitrogens with two attached hydrogens (primary N) is 1. The number of hydrogen-bond acceptors (Lipinski definition) is 4. The number of hydrazine groups is 1. The van der Waals surface area contributed by atoms with E-state index in [1.165, 1.54) is 24.0 Å². The van der Waals surface area contributed by atoms with Crippen molar-refractivity contribution in [3.63, 3.8) is 0 Å². The van der Waals surface area contributed by atoms with E-state index in [1.807, 2.05) is 32.2 Å². The van der Waals surface area contributed by atoms with Gasteiger partial charge in [0.1, 0.15) is 12.4 Å². The molecular weight excluding hydrogens is 262 g/mol. The fraction of sp³-hybridized carbons (Fsp3) is 0.353. The second kappa shape index (κ2) is 5.74. The molecule has 0 unspecified atom stereocenters. The first-order valence-corrected chi connectivity index (χ1v) is 7.31. The predicted molar refractivity (Wildman–Crippen MR) is 84.3 cm³/mol. The highest BCUT2D eigenvalue weighted by Crippen LogP contribution is 2.43. The average molecular weight is 283 g/mol. The topological polar surface area (TPSA) is 51.4 Å². The fourth-order valence-electron chi connectivity index (χ4n) is 2.63. The molecule has 1 aromatic carbocycles. The summed E-state index contributed by atoms with van der Waals surface area (Å²) in [4.78, 5) is 4.26. The summed E-state index contributed by atoms with van der Waals surface area (Å²) in [6.45, 7) is 2.48. The van der Waals surface area contributed by atoms with Crippen LogP contribution in [0.25, 0.3) is 0 Å². The minimum Gasteiger partial charge on any atom is -0.487 e. The monoisotopic (exact) mass is 283 g/mol. The Labute approximate surface area is 125 Å². The maximum Gasteiger partial charge on any atom is 0.141 e. The maximum atomic E-state index is 5.99. The molecule has 0 atom stereocenters. The molecule has 3 rings (SSSR count). The Morgan fingerprint density at radius 2 is 2.10 bits per heavy atom. The summed E-state index contributed by atoms with van der Waals surface area (Å²) in [5.41, 5.74) is 4.49. The average Bonchev–Trinajstić information content (AvgIpc) is 3.30. The van der Waals surface area contributed by atoms with Crippen LogP contribution in [-0.2, 0) is 6.61 Å². The summed E-state index contributed by atoms with van der Waals surface area (Å²) in [6.07, 6.45) is 4.30. The molecule has 4 nitrogen and oxygen atoms in total. The van der Waals surface area contributed by atoms with Gasteiger partial charge in [-0.05, 0) is 49.4 Å². The summed E-state index contributed by atoms with van der Waals surface area (Å²) in [7, 11) is 1.87. The Morgan fingerprint density at radius 3 is 2.76 bits per heavy atom. The molecule has 0 bridgehead atoms. The van der Waals surface area contributed by atoms with Gasteiger partial charge < -0.3 is 9.75 Å². The molecule has 0 amide bonds. The summed E-state index contributed by atoms with van der Waals surface area (Å²) < 4.78 is 5.99. The number of hydrogen-bond donors (Lipinski definition) is 1. The highest BCUT2D eigenvalue weighted by molar-refractivity contribution is 5.57. The molecule has 1 fully saturated rings. The van der Waals surface area contributed by atoms with Crippen LogP contribution in [0.4, 0.5) is 5.69 Å². The van der Waals surface area contributed by atoms with Crippen LogP contribution < -0.4 is 15.6 Å². The van der Waals surface area contributed by atoms with Gasteiger partial charge in [0.25, 0.3) is 0 Å². The quantitative estimate of drug-likeness (QED) is 0.676. The molecular formula is C17H21N3O. The second-order valence-corrected chi connectivity index (χ2v) is 5.61. The van der Waals surface area contributed by atoms with Gasteiger partial charge >= 0.3 is 0 Å². The molecule has 2 aromatic rings. The number of aromatic nitrogens is 1. The van der Waals surface area contributed by atoms with E-state index in [-0.39, 0.29) is 0 Å². The van der Waals surface area contributed by atoms with E-state index in [1.54, 1.807) is 11.2 Å². The normalized spacial score (nSPS) is 14.0. The summed E-state index contributed by atoms with van der Waals surface area (Å²) >= 11 is 0. The molecule has 0 spiro atoms. The largest absolute Gasteiger partial charge is 0.487 e. The maximum absolute atomic E-state index is 5.99. The third-order valence-electron chi connectivity index (χ3n) is 3.92. The zero-order valence-electron chi connectivity index (χ0n) is 12.5. The molecule has 1 aromatic heterocycles. The number of nitrogens with zero attached hydrogens (tertiary/aromatic N) is 2.